The maximum atomic E-state index is 4.51. The number of aromatic nitrogens is 2. The standard InChI is InChI=1S/C13H23N3S2/c1-9(13-10(2)15-16(4)11(13)3)14-12-7-17-5-6-18-8-12/h9,12,14H,5-8H2,1-4H3. The average Bonchev–Trinajstić information content (AvgIpc) is 2.52. The first kappa shape index (κ1) is 14.3. The second-order valence-corrected chi connectivity index (χ2v) is 7.24. The van der Waals surface area contributed by atoms with Gasteiger partial charge in [-0.15, -0.1) is 0 Å². The zero-order valence-electron chi connectivity index (χ0n) is 11.7. The Morgan fingerprint density at radius 1 is 1.28 bits per heavy atom. The van der Waals surface area contributed by atoms with Gasteiger partial charge >= 0.3 is 0 Å². The highest BCUT2D eigenvalue weighted by atomic mass is 32.2. The van der Waals surface area contributed by atoms with E-state index >= 15 is 0 Å². The Morgan fingerprint density at radius 3 is 2.39 bits per heavy atom. The summed E-state index contributed by atoms with van der Waals surface area (Å²) in [6, 6.07) is 1.01. The van der Waals surface area contributed by atoms with Gasteiger partial charge in [-0.2, -0.15) is 28.6 Å². The molecule has 1 aliphatic rings. The number of hydrogen-bond donors (Lipinski definition) is 1. The van der Waals surface area contributed by atoms with Crippen molar-refractivity contribution >= 4 is 23.5 Å². The van der Waals surface area contributed by atoms with E-state index in [-0.39, 0.29) is 0 Å². The van der Waals surface area contributed by atoms with Crippen LogP contribution in [-0.2, 0) is 7.05 Å². The fourth-order valence-electron chi connectivity index (χ4n) is 2.57. The lowest BCUT2D eigenvalue weighted by Gasteiger charge is -2.22. The van der Waals surface area contributed by atoms with Gasteiger partial charge < -0.3 is 5.32 Å². The van der Waals surface area contributed by atoms with Crippen LogP contribution in [0.4, 0.5) is 0 Å². The quantitative estimate of drug-likeness (QED) is 0.924. The minimum atomic E-state index is 0.392. The molecule has 1 saturated heterocycles. The Morgan fingerprint density at radius 2 is 1.89 bits per heavy atom. The normalized spacial score (nSPS) is 19.8. The van der Waals surface area contributed by atoms with Crippen molar-refractivity contribution in [2.24, 2.45) is 7.05 Å². The van der Waals surface area contributed by atoms with E-state index in [1.54, 1.807) is 0 Å². The number of thioether (sulfide) groups is 2. The lowest BCUT2D eigenvalue weighted by Crippen LogP contribution is -2.35. The van der Waals surface area contributed by atoms with E-state index < -0.39 is 0 Å². The molecule has 1 aliphatic heterocycles. The van der Waals surface area contributed by atoms with Crippen LogP contribution in [-0.4, -0.2) is 38.8 Å². The van der Waals surface area contributed by atoms with Gasteiger partial charge in [-0.1, -0.05) is 0 Å². The first-order valence-corrected chi connectivity index (χ1v) is 8.82. The monoisotopic (exact) mass is 285 g/mol. The molecule has 1 fully saturated rings. The van der Waals surface area contributed by atoms with Crippen LogP contribution in [0.25, 0.3) is 0 Å². The summed E-state index contributed by atoms with van der Waals surface area (Å²) in [7, 11) is 2.02. The van der Waals surface area contributed by atoms with Crippen LogP contribution in [0.5, 0.6) is 0 Å². The third-order valence-corrected chi connectivity index (χ3v) is 6.01. The Bertz CT molecular complexity index is 395. The van der Waals surface area contributed by atoms with E-state index in [1.165, 1.54) is 34.3 Å². The number of nitrogens with one attached hydrogen (secondary N) is 1. The van der Waals surface area contributed by atoms with Gasteiger partial charge in [-0.25, -0.2) is 0 Å². The van der Waals surface area contributed by atoms with Crippen molar-refractivity contribution in [3.63, 3.8) is 0 Å². The Hall–Kier alpha value is -0.130. The lowest BCUT2D eigenvalue weighted by molar-refractivity contribution is 0.513. The number of aryl methyl sites for hydroxylation is 2. The van der Waals surface area contributed by atoms with E-state index in [9.17, 15) is 0 Å². The molecular weight excluding hydrogens is 262 g/mol. The molecule has 1 aromatic heterocycles. The van der Waals surface area contributed by atoms with Gasteiger partial charge in [0, 0.05) is 53.4 Å². The molecule has 0 saturated carbocycles. The predicted octanol–water partition coefficient (Wildman–Crippen LogP) is 2.54. The van der Waals surface area contributed by atoms with Gasteiger partial charge in [0.1, 0.15) is 0 Å². The zero-order valence-corrected chi connectivity index (χ0v) is 13.3. The Kier molecular flexibility index (Phi) is 5.04. The smallest absolute Gasteiger partial charge is 0.0644 e. The molecule has 0 spiro atoms. The van der Waals surface area contributed by atoms with Gasteiger partial charge in [0.2, 0.25) is 0 Å². The highest BCUT2D eigenvalue weighted by molar-refractivity contribution is 8.03. The molecule has 2 heterocycles. The van der Waals surface area contributed by atoms with Crippen LogP contribution >= 0.6 is 23.5 Å². The summed E-state index contributed by atoms with van der Waals surface area (Å²) in [5.41, 5.74) is 3.81. The van der Waals surface area contributed by atoms with Crippen molar-refractivity contribution in [1.82, 2.24) is 15.1 Å². The lowest BCUT2D eigenvalue weighted by atomic mass is 10.1. The Balaban J connectivity index is 2.04. The van der Waals surface area contributed by atoms with Gasteiger partial charge in [0.05, 0.1) is 5.69 Å². The summed E-state index contributed by atoms with van der Waals surface area (Å²) in [5.74, 6) is 5.05. The van der Waals surface area contributed by atoms with Crippen LogP contribution in [0.1, 0.15) is 29.9 Å². The van der Waals surface area contributed by atoms with Crippen LogP contribution in [0, 0.1) is 13.8 Å². The van der Waals surface area contributed by atoms with E-state index in [0.717, 1.165) is 5.69 Å². The topological polar surface area (TPSA) is 29.9 Å². The maximum absolute atomic E-state index is 4.51. The van der Waals surface area contributed by atoms with E-state index in [4.69, 9.17) is 0 Å². The summed E-state index contributed by atoms with van der Waals surface area (Å²) in [6.45, 7) is 6.53. The fraction of sp³-hybridized carbons (Fsp3) is 0.769. The number of rotatable bonds is 3. The molecule has 2 rings (SSSR count). The average molecular weight is 285 g/mol. The Labute approximate surface area is 118 Å². The van der Waals surface area contributed by atoms with Crippen LogP contribution in [0.3, 0.4) is 0 Å². The number of nitrogens with zero attached hydrogens (tertiary/aromatic N) is 2. The summed E-state index contributed by atoms with van der Waals surface area (Å²) in [5, 5.41) is 8.28. The van der Waals surface area contributed by atoms with E-state index in [0.29, 0.717) is 12.1 Å². The number of hydrogen-bond acceptors (Lipinski definition) is 4. The predicted molar refractivity (Wildman–Crippen MR) is 82.7 cm³/mol. The van der Waals surface area contributed by atoms with Crippen molar-refractivity contribution in [3.8, 4) is 0 Å². The maximum Gasteiger partial charge on any atom is 0.0644 e. The van der Waals surface area contributed by atoms with Crippen LogP contribution in [0.2, 0.25) is 0 Å². The SMILES string of the molecule is Cc1nn(C)c(C)c1C(C)NC1CSCCSC1. The molecule has 1 aromatic rings. The van der Waals surface area contributed by atoms with Gasteiger partial charge in [0.25, 0.3) is 0 Å². The second-order valence-electron chi connectivity index (χ2n) is 4.94. The van der Waals surface area contributed by atoms with Gasteiger partial charge in [-0.05, 0) is 20.8 Å². The molecule has 0 amide bonds. The van der Waals surface area contributed by atoms with Gasteiger partial charge in [0.15, 0.2) is 0 Å². The molecule has 0 bridgehead atoms. The minimum Gasteiger partial charge on any atom is -0.306 e. The van der Waals surface area contributed by atoms with Gasteiger partial charge in [-0.3, -0.25) is 4.68 Å². The molecule has 1 N–H and O–H groups in total. The molecule has 1 unspecified atom stereocenters. The zero-order chi connectivity index (χ0) is 13.1. The first-order chi connectivity index (χ1) is 8.59. The van der Waals surface area contributed by atoms with Crippen LogP contribution in [0.15, 0.2) is 0 Å². The summed E-state index contributed by atoms with van der Waals surface area (Å²) >= 11 is 4.14. The van der Waals surface area contributed by atoms with Crippen molar-refractivity contribution in [2.75, 3.05) is 23.0 Å². The molecule has 0 aromatic carbocycles. The molecule has 0 aliphatic carbocycles. The summed E-state index contributed by atoms with van der Waals surface area (Å²) < 4.78 is 1.99. The second kappa shape index (κ2) is 6.35. The van der Waals surface area contributed by atoms with Crippen molar-refractivity contribution < 1.29 is 0 Å². The third-order valence-electron chi connectivity index (χ3n) is 3.49. The molecule has 5 heteroatoms. The third kappa shape index (κ3) is 3.25. The van der Waals surface area contributed by atoms with E-state index in [1.807, 2.05) is 11.7 Å². The van der Waals surface area contributed by atoms with Crippen molar-refractivity contribution in [2.45, 2.75) is 32.9 Å². The largest absolute Gasteiger partial charge is 0.306 e. The molecule has 0 radical (unpaired) electrons. The fourth-order valence-corrected chi connectivity index (χ4v) is 4.99. The molecule has 18 heavy (non-hydrogen) atoms. The van der Waals surface area contributed by atoms with E-state index in [2.05, 4.69) is 54.7 Å². The molecule has 102 valence electrons. The highest BCUT2D eigenvalue weighted by Gasteiger charge is 2.20. The van der Waals surface area contributed by atoms with Crippen molar-refractivity contribution in [3.05, 3.63) is 17.0 Å². The molecular formula is C13H23N3S2. The first-order valence-electron chi connectivity index (χ1n) is 6.51. The van der Waals surface area contributed by atoms with Crippen molar-refractivity contribution in [1.29, 1.82) is 0 Å². The highest BCUT2D eigenvalue weighted by Crippen LogP contribution is 2.23. The minimum absolute atomic E-state index is 0.392. The molecule has 1 atom stereocenters. The van der Waals surface area contributed by atoms with Crippen LogP contribution < -0.4 is 5.32 Å². The summed E-state index contributed by atoms with van der Waals surface area (Å²) in [6.07, 6.45) is 0. The summed E-state index contributed by atoms with van der Waals surface area (Å²) in [4.78, 5) is 0. The molecule has 3 nitrogen and oxygen atoms in total.